The molecule has 0 saturated heterocycles. The molecule has 0 spiro atoms. The minimum atomic E-state index is -0.209. The van der Waals surface area contributed by atoms with Gasteiger partial charge in [0, 0.05) is 17.1 Å². The van der Waals surface area contributed by atoms with E-state index < -0.39 is 0 Å². The Labute approximate surface area is 131 Å². The Bertz CT molecular complexity index is 659. The second kappa shape index (κ2) is 7.64. The third-order valence-electron chi connectivity index (χ3n) is 3.77. The van der Waals surface area contributed by atoms with Gasteiger partial charge in [0.25, 0.3) is 0 Å². The molecular formula is C19H23NO2. The number of nitrogens with zero attached hydrogens (tertiary/aromatic N) is 1. The van der Waals surface area contributed by atoms with Gasteiger partial charge in [0.05, 0.1) is 6.61 Å². The number of esters is 1. The second-order valence-corrected chi connectivity index (χ2v) is 5.28. The summed E-state index contributed by atoms with van der Waals surface area (Å²) in [5, 5.41) is 1.18. The molecule has 0 aliphatic carbocycles. The zero-order chi connectivity index (χ0) is 15.9. The molecule has 0 N–H and O–H groups in total. The van der Waals surface area contributed by atoms with Crippen LogP contribution in [0.2, 0.25) is 0 Å². The van der Waals surface area contributed by atoms with Gasteiger partial charge in [-0.2, -0.15) is 0 Å². The highest BCUT2D eigenvalue weighted by Gasteiger charge is 2.17. The van der Waals surface area contributed by atoms with Gasteiger partial charge < -0.3 is 9.30 Å². The van der Waals surface area contributed by atoms with Crippen LogP contribution in [-0.4, -0.2) is 17.1 Å². The van der Waals surface area contributed by atoms with E-state index >= 15 is 0 Å². The molecule has 0 radical (unpaired) electrons. The lowest BCUT2D eigenvalue weighted by atomic mass is 9.92. The molecule has 0 saturated carbocycles. The molecule has 22 heavy (non-hydrogen) atoms. The van der Waals surface area contributed by atoms with E-state index in [4.69, 9.17) is 4.74 Å². The Morgan fingerprint density at radius 3 is 2.59 bits per heavy atom. The lowest BCUT2D eigenvalue weighted by molar-refractivity contribution is -0.143. The van der Waals surface area contributed by atoms with Gasteiger partial charge in [0.1, 0.15) is 6.54 Å². The fourth-order valence-electron chi connectivity index (χ4n) is 2.83. The van der Waals surface area contributed by atoms with Crippen molar-refractivity contribution in [2.75, 3.05) is 6.61 Å². The van der Waals surface area contributed by atoms with E-state index in [1.165, 1.54) is 10.9 Å². The Hall–Kier alpha value is -2.29. The zero-order valence-corrected chi connectivity index (χ0v) is 13.1. The van der Waals surface area contributed by atoms with Crippen LogP contribution in [0.4, 0.5) is 0 Å². The number of ether oxygens (including phenoxy) is 1. The van der Waals surface area contributed by atoms with Crippen molar-refractivity contribution in [2.24, 2.45) is 0 Å². The molecule has 0 aliphatic heterocycles. The molecule has 0 amide bonds. The summed E-state index contributed by atoms with van der Waals surface area (Å²) in [5.41, 5.74) is 2.29. The first-order valence-electron chi connectivity index (χ1n) is 7.66. The summed E-state index contributed by atoms with van der Waals surface area (Å²) in [6, 6.07) is 8.16. The molecule has 3 heteroatoms. The van der Waals surface area contributed by atoms with Crippen LogP contribution in [0.1, 0.15) is 31.2 Å². The Balaban J connectivity index is 2.44. The average Bonchev–Trinajstić information content (AvgIpc) is 2.86. The largest absolute Gasteiger partial charge is 0.465 e. The van der Waals surface area contributed by atoms with Crippen LogP contribution in [0.15, 0.2) is 55.8 Å². The quantitative estimate of drug-likeness (QED) is 0.533. The molecule has 2 aromatic rings. The topological polar surface area (TPSA) is 31.2 Å². The first-order chi connectivity index (χ1) is 10.7. The Morgan fingerprint density at radius 2 is 1.95 bits per heavy atom. The van der Waals surface area contributed by atoms with Crippen LogP contribution in [-0.2, 0) is 16.1 Å². The van der Waals surface area contributed by atoms with Crippen molar-refractivity contribution >= 4 is 16.9 Å². The molecule has 3 nitrogen and oxygen atoms in total. The van der Waals surface area contributed by atoms with Gasteiger partial charge in [0.2, 0.25) is 0 Å². The molecule has 1 aromatic carbocycles. The van der Waals surface area contributed by atoms with Crippen molar-refractivity contribution in [3.8, 4) is 0 Å². The number of hydrogen-bond acceptors (Lipinski definition) is 2. The summed E-state index contributed by atoms with van der Waals surface area (Å²) in [5.74, 6) is 0.127. The summed E-state index contributed by atoms with van der Waals surface area (Å²) in [4.78, 5) is 11.8. The van der Waals surface area contributed by atoms with E-state index in [0.29, 0.717) is 12.5 Å². The van der Waals surface area contributed by atoms with E-state index in [1.807, 2.05) is 41.8 Å². The van der Waals surface area contributed by atoms with E-state index in [-0.39, 0.29) is 12.5 Å². The highest BCUT2D eigenvalue weighted by Crippen LogP contribution is 2.32. The maximum Gasteiger partial charge on any atom is 0.325 e. The molecule has 0 aliphatic rings. The van der Waals surface area contributed by atoms with Crippen molar-refractivity contribution in [1.29, 1.82) is 0 Å². The number of aromatic nitrogens is 1. The second-order valence-electron chi connectivity index (χ2n) is 5.28. The van der Waals surface area contributed by atoms with Crippen molar-refractivity contribution in [3.63, 3.8) is 0 Å². The summed E-state index contributed by atoms with van der Waals surface area (Å²) < 4.78 is 7.04. The van der Waals surface area contributed by atoms with Gasteiger partial charge in [-0.15, -0.1) is 13.2 Å². The number of rotatable bonds is 8. The van der Waals surface area contributed by atoms with Crippen molar-refractivity contribution in [3.05, 3.63) is 61.3 Å². The Morgan fingerprint density at radius 1 is 1.27 bits per heavy atom. The SMILES string of the molecule is C=CCC(CC=C)c1cn(CC(=O)OCC)c2ccccc12. The Kier molecular flexibility index (Phi) is 5.59. The van der Waals surface area contributed by atoms with Crippen molar-refractivity contribution in [1.82, 2.24) is 4.57 Å². The normalized spacial score (nSPS) is 10.8. The summed E-state index contributed by atoms with van der Waals surface area (Å²) in [6.07, 6.45) is 7.72. The highest BCUT2D eigenvalue weighted by atomic mass is 16.5. The zero-order valence-electron chi connectivity index (χ0n) is 13.1. The number of carbonyl (C=O) groups is 1. The molecule has 2 rings (SSSR count). The minimum absolute atomic E-state index is 0.209. The predicted molar refractivity (Wildman–Crippen MR) is 90.9 cm³/mol. The maximum absolute atomic E-state index is 11.8. The first-order valence-corrected chi connectivity index (χ1v) is 7.66. The number of fused-ring (bicyclic) bond motifs is 1. The maximum atomic E-state index is 11.8. The molecule has 116 valence electrons. The molecule has 0 fully saturated rings. The van der Waals surface area contributed by atoms with E-state index in [0.717, 1.165) is 18.4 Å². The minimum Gasteiger partial charge on any atom is -0.465 e. The molecule has 0 atom stereocenters. The first kappa shape index (κ1) is 16.1. The van der Waals surface area contributed by atoms with Crippen LogP contribution < -0.4 is 0 Å². The summed E-state index contributed by atoms with van der Waals surface area (Å²) >= 11 is 0. The average molecular weight is 297 g/mol. The molecule has 0 bridgehead atoms. The third kappa shape index (κ3) is 3.48. The van der Waals surface area contributed by atoms with E-state index in [2.05, 4.69) is 25.4 Å². The standard InChI is InChI=1S/C19H23NO2/c1-4-9-15(10-5-2)17-13-20(14-19(21)22-6-3)18-12-8-7-11-16(17)18/h4-5,7-8,11-13,15H,1-2,6,9-10,14H2,3H3. The number of hydrogen-bond donors (Lipinski definition) is 0. The summed E-state index contributed by atoms with van der Waals surface area (Å²) in [7, 11) is 0. The molecular weight excluding hydrogens is 274 g/mol. The van der Waals surface area contributed by atoms with Crippen LogP contribution in [0.25, 0.3) is 10.9 Å². The number of para-hydroxylation sites is 1. The van der Waals surface area contributed by atoms with Gasteiger partial charge in [-0.3, -0.25) is 4.79 Å². The van der Waals surface area contributed by atoms with Crippen LogP contribution >= 0.6 is 0 Å². The number of allylic oxidation sites excluding steroid dienone is 2. The molecule has 1 aromatic heterocycles. The number of carbonyl (C=O) groups excluding carboxylic acids is 1. The molecule has 0 unspecified atom stereocenters. The van der Waals surface area contributed by atoms with Crippen LogP contribution in [0.3, 0.4) is 0 Å². The fraction of sp³-hybridized carbons (Fsp3) is 0.316. The lowest BCUT2D eigenvalue weighted by Gasteiger charge is -2.11. The van der Waals surface area contributed by atoms with E-state index in [1.54, 1.807) is 0 Å². The summed E-state index contributed by atoms with van der Waals surface area (Å²) in [6.45, 7) is 10.2. The highest BCUT2D eigenvalue weighted by molar-refractivity contribution is 5.86. The smallest absolute Gasteiger partial charge is 0.325 e. The lowest BCUT2D eigenvalue weighted by Crippen LogP contribution is -2.12. The van der Waals surface area contributed by atoms with E-state index in [9.17, 15) is 4.79 Å². The third-order valence-corrected chi connectivity index (χ3v) is 3.77. The van der Waals surface area contributed by atoms with Gasteiger partial charge in [-0.25, -0.2) is 0 Å². The monoisotopic (exact) mass is 297 g/mol. The van der Waals surface area contributed by atoms with Crippen LogP contribution in [0, 0.1) is 0 Å². The van der Waals surface area contributed by atoms with Gasteiger partial charge >= 0.3 is 5.97 Å². The van der Waals surface area contributed by atoms with Crippen molar-refractivity contribution < 1.29 is 9.53 Å². The molecule has 1 heterocycles. The number of benzene rings is 1. The predicted octanol–water partition coefficient (Wildman–Crippen LogP) is 4.44. The van der Waals surface area contributed by atoms with Gasteiger partial charge in [0.15, 0.2) is 0 Å². The van der Waals surface area contributed by atoms with Crippen LogP contribution in [0.5, 0.6) is 0 Å². The van der Waals surface area contributed by atoms with Crippen molar-refractivity contribution in [2.45, 2.75) is 32.2 Å². The van der Waals surface area contributed by atoms with Gasteiger partial charge in [-0.1, -0.05) is 30.4 Å². The fourth-order valence-corrected chi connectivity index (χ4v) is 2.83. The van der Waals surface area contributed by atoms with Gasteiger partial charge in [-0.05, 0) is 37.3 Å².